The molecule has 4 nitrogen and oxygen atoms in total. The van der Waals surface area contributed by atoms with Gasteiger partial charge >= 0.3 is 0 Å². The van der Waals surface area contributed by atoms with Crippen molar-refractivity contribution in [2.75, 3.05) is 0 Å². The summed E-state index contributed by atoms with van der Waals surface area (Å²) in [6.07, 6.45) is 0. The number of fused-ring (bicyclic) bond motifs is 1. The lowest BCUT2D eigenvalue weighted by molar-refractivity contribution is -0.384. The van der Waals surface area contributed by atoms with Crippen molar-refractivity contribution in [1.82, 2.24) is 4.98 Å². The third-order valence-electron chi connectivity index (χ3n) is 2.92. The maximum absolute atomic E-state index is 10.8. The third-order valence-corrected chi connectivity index (χ3v) is 3.99. The van der Waals surface area contributed by atoms with E-state index in [9.17, 15) is 10.1 Å². The van der Waals surface area contributed by atoms with Crippen molar-refractivity contribution >= 4 is 27.2 Å². The van der Waals surface area contributed by atoms with Crippen molar-refractivity contribution in [3.8, 4) is 10.6 Å². The van der Waals surface area contributed by atoms with Crippen LogP contribution in [0.4, 0.5) is 5.69 Å². The molecule has 3 rings (SSSR count). The zero-order valence-electron chi connectivity index (χ0n) is 10.2. The van der Waals surface area contributed by atoms with Gasteiger partial charge in [0, 0.05) is 17.7 Å². The number of aromatic nitrogens is 1. The molecule has 0 aliphatic rings. The van der Waals surface area contributed by atoms with Gasteiger partial charge in [-0.25, -0.2) is 4.98 Å². The monoisotopic (exact) mass is 270 g/mol. The molecule has 0 saturated heterocycles. The molecule has 5 heteroatoms. The number of aryl methyl sites for hydroxylation is 1. The van der Waals surface area contributed by atoms with Crippen LogP contribution in [0.2, 0.25) is 0 Å². The summed E-state index contributed by atoms with van der Waals surface area (Å²) < 4.78 is 1.10. The Kier molecular flexibility index (Phi) is 2.76. The van der Waals surface area contributed by atoms with Crippen molar-refractivity contribution < 1.29 is 4.92 Å². The van der Waals surface area contributed by atoms with E-state index in [0.29, 0.717) is 0 Å². The molecule has 0 unspecified atom stereocenters. The summed E-state index contributed by atoms with van der Waals surface area (Å²) in [7, 11) is 0. The number of hydrogen-bond acceptors (Lipinski definition) is 4. The molecule has 0 bridgehead atoms. The van der Waals surface area contributed by atoms with Crippen LogP contribution in [0.25, 0.3) is 20.8 Å². The zero-order chi connectivity index (χ0) is 13.4. The van der Waals surface area contributed by atoms with E-state index in [-0.39, 0.29) is 10.6 Å². The van der Waals surface area contributed by atoms with E-state index in [1.54, 1.807) is 23.5 Å². The Morgan fingerprint density at radius 1 is 1.21 bits per heavy atom. The summed E-state index contributed by atoms with van der Waals surface area (Å²) in [5.41, 5.74) is 2.96. The summed E-state index contributed by atoms with van der Waals surface area (Å²) >= 11 is 1.55. The molecule has 1 aromatic heterocycles. The predicted molar refractivity (Wildman–Crippen MR) is 76.4 cm³/mol. The summed E-state index contributed by atoms with van der Waals surface area (Å²) in [6, 6.07) is 12.6. The van der Waals surface area contributed by atoms with Crippen LogP contribution < -0.4 is 0 Å². The summed E-state index contributed by atoms with van der Waals surface area (Å²) in [4.78, 5) is 15.0. The average Bonchev–Trinajstić information content (AvgIpc) is 2.84. The van der Waals surface area contributed by atoms with E-state index in [1.807, 2.05) is 31.2 Å². The Bertz CT molecular complexity index is 780. The number of rotatable bonds is 2. The second-order valence-electron chi connectivity index (χ2n) is 4.25. The topological polar surface area (TPSA) is 56.0 Å². The van der Waals surface area contributed by atoms with Crippen LogP contribution in [-0.4, -0.2) is 9.91 Å². The van der Waals surface area contributed by atoms with Crippen LogP contribution in [0.3, 0.4) is 0 Å². The minimum absolute atomic E-state index is 0.0912. The number of thiazole rings is 1. The van der Waals surface area contributed by atoms with Crippen molar-refractivity contribution in [2.24, 2.45) is 0 Å². The average molecular weight is 270 g/mol. The molecule has 2 aromatic carbocycles. The first kappa shape index (κ1) is 11.8. The van der Waals surface area contributed by atoms with Gasteiger partial charge in [0.1, 0.15) is 5.01 Å². The number of nitro benzene ring substituents is 1. The fourth-order valence-electron chi connectivity index (χ4n) is 1.96. The van der Waals surface area contributed by atoms with E-state index in [2.05, 4.69) is 4.98 Å². The highest BCUT2D eigenvalue weighted by Crippen LogP contribution is 2.32. The van der Waals surface area contributed by atoms with E-state index in [0.717, 1.165) is 26.4 Å². The van der Waals surface area contributed by atoms with Gasteiger partial charge in [-0.1, -0.05) is 24.3 Å². The van der Waals surface area contributed by atoms with E-state index < -0.39 is 0 Å². The quantitative estimate of drug-likeness (QED) is 0.518. The number of nitro groups is 1. The fraction of sp³-hybridized carbons (Fsp3) is 0.0714. The highest BCUT2D eigenvalue weighted by molar-refractivity contribution is 7.21. The summed E-state index contributed by atoms with van der Waals surface area (Å²) in [5, 5.41) is 11.6. The first-order valence-corrected chi connectivity index (χ1v) is 6.58. The van der Waals surface area contributed by atoms with Crippen LogP contribution in [0.1, 0.15) is 5.56 Å². The second kappa shape index (κ2) is 4.44. The minimum Gasteiger partial charge on any atom is -0.258 e. The molecule has 1 heterocycles. The SMILES string of the molecule is Cc1cccc2sc(-c3cccc([N+](=O)[O-])c3)nc12. The van der Waals surface area contributed by atoms with Crippen molar-refractivity contribution in [3.05, 3.63) is 58.1 Å². The van der Waals surface area contributed by atoms with Crippen LogP contribution >= 0.6 is 11.3 Å². The van der Waals surface area contributed by atoms with Crippen LogP contribution in [-0.2, 0) is 0 Å². The number of para-hydroxylation sites is 1. The lowest BCUT2D eigenvalue weighted by Gasteiger charge is -1.95. The Hall–Kier alpha value is -2.27. The third kappa shape index (κ3) is 2.08. The normalized spacial score (nSPS) is 10.8. The minimum atomic E-state index is -0.387. The lowest BCUT2D eigenvalue weighted by atomic mass is 10.2. The first-order chi connectivity index (χ1) is 9.15. The van der Waals surface area contributed by atoms with Gasteiger partial charge in [0.2, 0.25) is 0 Å². The summed E-state index contributed by atoms with van der Waals surface area (Å²) in [5.74, 6) is 0. The lowest BCUT2D eigenvalue weighted by Crippen LogP contribution is -1.87. The van der Waals surface area contributed by atoms with Gasteiger partial charge in [-0.15, -0.1) is 11.3 Å². The Morgan fingerprint density at radius 3 is 2.74 bits per heavy atom. The molecule has 19 heavy (non-hydrogen) atoms. The summed E-state index contributed by atoms with van der Waals surface area (Å²) in [6.45, 7) is 2.01. The Balaban J connectivity index is 2.16. The van der Waals surface area contributed by atoms with Crippen molar-refractivity contribution in [2.45, 2.75) is 6.92 Å². The predicted octanol–water partition coefficient (Wildman–Crippen LogP) is 4.18. The molecule has 0 aliphatic heterocycles. The van der Waals surface area contributed by atoms with E-state index >= 15 is 0 Å². The van der Waals surface area contributed by atoms with Crippen LogP contribution in [0.15, 0.2) is 42.5 Å². The van der Waals surface area contributed by atoms with Crippen molar-refractivity contribution in [3.63, 3.8) is 0 Å². The number of non-ortho nitro benzene ring substituents is 1. The van der Waals surface area contributed by atoms with Crippen LogP contribution in [0, 0.1) is 17.0 Å². The Labute approximate surface area is 113 Å². The van der Waals surface area contributed by atoms with Gasteiger partial charge < -0.3 is 0 Å². The molecule has 0 aliphatic carbocycles. The Morgan fingerprint density at radius 2 is 2.00 bits per heavy atom. The highest BCUT2D eigenvalue weighted by atomic mass is 32.1. The fourth-order valence-corrected chi connectivity index (χ4v) is 3.00. The van der Waals surface area contributed by atoms with Gasteiger partial charge in [-0.05, 0) is 18.6 Å². The molecule has 0 fully saturated rings. The molecule has 94 valence electrons. The van der Waals surface area contributed by atoms with Gasteiger partial charge in [-0.2, -0.15) is 0 Å². The van der Waals surface area contributed by atoms with Crippen LogP contribution in [0.5, 0.6) is 0 Å². The van der Waals surface area contributed by atoms with E-state index in [1.165, 1.54) is 6.07 Å². The molecular formula is C14H10N2O2S. The zero-order valence-corrected chi connectivity index (χ0v) is 11.0. The van der Waals surface area contributed by atoms with Gasteiger partial charge in [0.25, 0.3) is 5.69 Å². The second-order valence-corrected chi connectivity index (χ2v) is 5.28. The molecule has 3 aromatic rings. The number of benzene rings is 2. The van der Waals surface area contributed by atoms with Gasteiger partial charge in [0.05, 0.1) is 15.1 Å². The highest BCUT2D eigenvalue weighted by Gasteiger charge is 2.11. The smallest absolute Gasteiger partial charge is 0.258 e. The van der Waals surface area contributed by atoms with Gasteiger partial charge in [-0.3, -0.25) is 10.1 Å². The molecule has 0 spiro atoms. The number of hydrogen-bond donors (Lipinski definition) is 0. The largest absolute Gasteiger partial charge is 0.270 e. The van der Waals surface area contributed by atoms with E-state index in [4.69, 9.17) is 0 Å². The molecule has 0 saturated carbocycles. The molecule has 0 atom stereocenters. The maximum atomic E-state index is 10.8. The molecular weight excluding hydrogens is 260 g/mol. The standard InChI is InChI=1S/C14H10N2O2S/c1-9-4-2-7-12-13(9)15-14(19-12)10-5-3-6-11(8-10)16(17)18/h2-8H,1H3. The maximum Gasteiger partial charge on any atom is 0.270 e. The van der Waals surface area contributed by atoms with Crippen molar-refractivity contribution in [1.29, 1.82) is 0 Å². The van der Waals surface area contributed by atoms with Gasteiger partial charge in [0.15, 0.2) is 0 Å². The number of nitrogens with zero attached hydrogens (tertiary/aromatic N) is 2. The molecule has 0 amide bonds. The first-order valence-electron chi connectivity index (χ1n) is 5.76. The molecule has 0 N–H and O–H groups in total. The molecule has 0 radical (unpaired) electrons.